The minimum Gasteiger partial charge on any atom is -0.333 e. The number of hydrogen-bond acceptors (Lipinski definition) is 2. The lowest BCUT2D eigenvalue weighted by atomic mass is 10.1. The SMILES string of the molecule is CN(CC(F)(F)F)C(=O)c1ccc(C#CCN)c(Cl)c1. The van der Waals surface area contributed by atoms with Crippen LogP contribution in [0.2, 0.25) is 5.02 Å². The van der Waals surface area contributed by atoms with E-state index in [1.54, 1.807) is 0 Å². The van der Waals surface area contributed by atoms with Crippen LogP contribution in [0.5, 0.6) is 0 Å². The van der Waals surface area contributed by atoms with E-state index in [2.05, 4.69) is 11.8 Å². The minimum atomic E-state index is -4.44. The van der Waals surface area contributed by atoms with E-state index in [1.807, 2.05) is 0 Å². The molecule has 1 rings (SSSR count). The molecular weight excluding hydrogens is 293 g/mol. The van der Waals surface area contributed by atoms with Gasteiger partial charge in [0.15, 0.2) is 0 Å². The van der Waals surface area contributed by atoms with Gasteiger partial charge in [0.2, 0.25) is 0 Å². The molecule has 0 saturated heterocycles. The maximum atomic E-state index is 12.2. The number of nitrogens with two attached hydrogens (primary N) is 1. The zero-order valence-corrected chi connectivity index (χ0v) is 11.3. The lowest BCUT2D eigenvalue weighted by molar-refractivity contribution is -0.138. The lowest BCUT2D eigenvalue weighted by Gasteiger charge is -2.19. The van der Waals surface area contributed by atoms with Crippen LogP contribution in [0.4, 0.5) is 13.2 Å². The van der Waals surface area contributed by atoms with Gasteiger partial charge in [-0.1, -0.05) is 23.4 Å². The molecule has 0 aliphatic carbocycles. The molecule has 7 heteroatoms. The van der Waals surface area contributed by atoms with Crippen LogP contribution < -0.4 is 5.73 Å². The third-order valence-corrected chi connectivity index (χ3v) is 2.62. The molecule has 0 heterocycles. The summed E-state index contributed by atoms with van der Waals surface area (Å²) in [6, 6.07) is 4.14. The summed E-state index contributed by atoms with van der Waals surface area (Å²) >= 11 is 5.91. The van der Waals surface area contributed by atoms with Crippen molar-refractivity contribution >= 4 is 17.5 Å². The van der Waals surface area contributed by atoms with Crippen molar-refractivity contribution in [2.75, 3.05) is 20.1 Å². The molecule has 0 atom stereocenters. The quantitative estimate of drug-likeness (QED) is 0.852. The van der Waals surface area contributed by atoms with Crippen LogP contribution in [0.15, 0.2) is 18.2 Å². The molecule has 1 amide bonds. The Morgan fingerprint density at radius 3 is 2.60 bits per heavy atom. The molecule has 0 radical (unpaired) electrons. The summed E-state index contributed by atoms with van der Waals surface area (Å²) < 4.78 is 36.6. The smallest absolute Gasteiger partial charge is 0.333 e. The van der Waals surface area contributed by atoms with E-state index in [-0.39, 0.29) is 17.1 Å². The fourth-order valence-electron chi connectivity index (χ4n) is 1.46. The van der Waals surface area contributed by atoms with Crippen LogP contribution in [0, 0.1) is 11.8 Å². The average Bonchev–Trinajstić information content (AvgIpc) is 2.34. The molecule has 1 aromatic carbocycles. The molecule has 0 fully saturated rings. The standard InChI is InChI=1S/C13H12ClF3N2O/c1-19(8-13(15,16)17)12(20)10-5-4-9(3-2-6-18)11(14)7-10/h4-5,7H,6,8,18H2,1H3. The number of nitrogens with zero attached hydrogens (tertiary/aromatic N) is 1. The number of carbonyl (C=O) groups is 1. The van der Waals surface area contributed by atoms with E-state index in [4.69, 9.17) is 17.3 Å². The van der Waals surface area contributed by atoms with E-state index in [0.717, 1.165) is 7.05 Å². The van der Waals surface area contributed by atoms with E-state index < -0.39 is 18.6 Å². The van der Waals surface area contributed by atoms with Crippen molar-refractivity contribution in [1.82, 2.24) is 4.90 Å². The summed E-state index contributed by atoms with van der Waals surface area (Å²) in [7, 11) is 1.08. The Bertz CT molecular complexity index is 561. The molecule has 20 heavy (non-hydrogen) atoms. The van der Waals surface area contributed by atoms with Gasteiger partial charge in [0.05, 0.1) is 11.6 Å². The first-order valence-electron chi connectivity index (χ1n) is 5.55. The van der Waals surface area contributed by atoms with Crippen LogP contribution in [0.25, 0.3) is 0 Å². The molecule has 0 unspecified atom stereocenters. The van der Waals surface area contributed by atoms with Crippen molar-refractivity contribution in [3.8, 4) is 11.8 Å². The van der Waals surface area contributed by atoms with Crippen LogP contribution >= 0.6 is 11.6 Å². The number of carbonyl (C=O) groups excluding carboxylic acids is 1. The Labute approximate surface area is 119 Å². The van der Waals surface area contributed by atoms with Gasteiger partial charge in [-0.25, -0.2) is 0 Å². The van der Waals surface area contributed by atoms with Gasteiger partial charge < -0.3 is 10.6 Å². The van der Waals surface area contributed by atoms with Gasteiger partial charge in [0.1, 0.15) is 6.54 Å². The number of amides is 1. The van der Waals surface area contributed by atoms with Crippen LogP contribution in [-0.2, 0) is 0 Å². The fourth-order valence-corrected chi connectivity index (χ4v) is 1.68. The number of alkyl halides is 3. The number of rotatable bonds is 2. The molecule has 0 spiro atoms. The lowest BCUT2D eigenvalue weighted by Crippen LogP contribution is -2.35. The molecule has 108 valence electrons. The highest BCUT2D eigenvalue weighted by Crippen LogP contribution is 2.20. The predicted molar refractivity (Wildman–Crippen MR) is 70.4 cm³/mol. The molecular formula is C13H12ClF3N2O. The first-order valence-corrected chi connectivity index (χ1v) is 5.93. The third kappa shape index (κ3) is 4.76. The Balaban J connectivity index is 2.92. The highest BCUT2D eigenvalue weighted by atomic mass is 35.5. The van der Waals surface area contributed by atoms with Crippen LogP contribution in [-0.4, -0.2) is 37.1 Å². The summed E-state index contributed by atoms with van der Waals surface area (Å²) in [5.41, 5.74) is 5.75. The zero-order valence-electron chi connectivity index (χ0n) is 10.6. The maximum absolute atomic E-state index is 12.2. The minimum absolute atomic E-state index is 0.0695. The van der Waals surface area contributed by atoms with Crippen molar-refractivity contribution in [3.05, 3.63) is 34.3 Å². The second-order valence-electron chi connectivity index (χ2n) is 3.98. The Hall–Kier alpha value is -1.71. The average molecular weight is 305 g/mol. The maximum Gasteiger partial charge on any atom is 0.406 e. The van der Waals surface area contributed by atoms with Crippen molar-refractivity contribution in [3.63, 3.8) is 0 Å². The molecule has 0 aromatic heterocycles. The highest BCUT2D eigenvalue weighted by Gasteiger charge is 2.31. The van der Waals surface area contributed by atoms with Gasteiger partial charge in [-0.2, -0.15) is 13.2 Å². The fraction of sp³-hybridized carbons (Fsp3) is 0.308. The third-order valence-electron chi connectivity index (χ3n) is 2.30. The topological polar surface area (TPSA) is 46.3 Å². The van der Waals surface area contributed by atoms with Gasteiger partial charge in [-0.3, -0.25) is 4.79 Å². The first-order chi connectivity index (χ1) is 9.24. The van der Waals surface area contributed by atoms with Gasteiger partial charge in [0.25, 0.3) is 5.91 Å². The molecule has 2 N–H and O–H groups in total. The van der Waals surface area contributed by atoms with E-state index in [9.17, 15) is 18.0 Å². The van der Waals surface area contributed by atoms with Crippen LogP contribution in [0.1, 0.15) is 15.9 Å². The molecule has 0 bridgehead atoms. The summed E-state index contributed by atoms with van der Waals surface area (Å²) in [5.74, 6) is 4.53. The number of hydrogen-bond donors (Lipinski definition) is 1. The highest BCUT2D eigenvalue weighted by molar-refractivity contribution is 6.32. The summed E-state index contributed by atoms with van der Waals surface area (Å²) in [6.45, 7) is -1.16. The van der Waals surface area contributed by atoms with Crippen molar-refractivity contribution < 1.29 is 18.0 Å². The number of benzene rings is 1. The Morgan fingerprint density at radius 2 is 2.10 bits per heavy atom. The number of halogens is 4. The zero-order chi connectivity index (χ0) is 15.3. The van der Waals surface area contributed by atoms with Gasteiger partial charge >= 0.3 is 6.18 Å². The van der Waals surface area contributed by atoms with Gasteiger partial charge in [-0.05, 0) is 18.2 Å². The normalized spacial score (nSPS) is 10.7. The van der Waals surface area contributed by atoms with Crippen molar-refractivity contribution in [1.29, 1.82) is 0 Å². The van der Waals surface area contributed by atoms with Crippen molar-refractivity contribution in [2.45, 2.75) is 6.18 Å². The Morgan fingerprint density at radius 1 is 1.45 bits per heavy atom. The van der Waals surface area contributed by atoms with Crippen LogP contribution in [0.3, 0.4) is 0 Å². The van der Waals surface area contributed by atoms with E-state index in [1.165, 1.54) is 18.2 Å². The Kier molecular flexibility index (Phi) is 5.43. The monoisotopic (exact) mass is 304 g/mol. The summed E-state index contributed by atoms with van der Waals surface area (Å²) in [5, 5.41) is 0.192. The molecule has 0 aliphatic rings. The first kappa shape index (κ1) is 16.3. The van der Waals surface area contributed by atoms with E-state index >= 15 is 0 Å². The second kappa shape index (κ2) is 6.64. The summed E-state index contributed by atoms with van der Waals surface area (Å²) in [6.07, 6.45) is -4.44. The molecule has 0 saturated carbocycles. The molecule has 0 aliphatic heterocycles. The van der Waals surface area contributed by atoms with Gasteiger partial charge in [-0.15, -0.1) is 0 Å². The predicted octanol–water partition coefficient (Wildman–Crippen LogP) is 2.28. The second-order valence-corrected chi connectivity index (χ2v) is 4.38. The van der Waals surface area contributed by atoms with Crippen molar-refractivity contribution in [2.24, 2.45) is 5.73 Å². The summed E-state index contributed by atoms with van der Waals surface area (Å²) in [4.78, 5) is 12.4. The largest absolute Gasteiger partial charge is 0.406 e. The molecule has 1 aromatic rings. The molecule has 3 nitrogen and oxygen atoms in total. The van der Waals surface area contributed by atoms with E-state index in [0.29, 0.717) is 10.5 Å². The van der Waals surface area contributed by atoms with Gasteiger partial charge in [0, 0.05) is 18.2 Å².